The number of halogens is 1. The van der Waals surface area contributed by atoms with Crippen molar-refractivity contribution in [1.29, 1.82) is 0 Å². The van der Waals surface area contributed by atoms with Crippen LogP contribution in [-0.2, 0) is 9.59 Å². The lowest BCUT2D eigenvalue weighted by Crippen LogP contribution is -2.25. The van der Waals surface area contributed by atoms with Crippen LogP contribution in [0.2, 0.25) is 0 Å². The summed E-state index contributed by atoms with van der Waals surface area (Å²) < 4.78 is 5.95. The molecule has 0 N–H and O–H groups in total. The van der Waals surface area contributed by atoms with Gasteiger partial charge < -0.3 is 4.74 Å². The van der Waals surface area contributed by atoms with Gasteiger partial charge in [-0.05, 0) is 23.8 Å². The van der Waals surface area contributed by atoms with Gasteiger partial charge in [-0.1, -0.05) is 15.9 Å². The van der Waals surface area contributed by atoms with Gasteiger partial charge in [-0.25, -0.2) is 0 Å². The molecule has 1 aromatic rings. The highest BCUT2D eigenvalue weighted by Crippen LogP contribution is 2.35. The SMILES string of the molecule is COc1ccc(Br)c(C2CC(=O)N(C)C2=O)c1. The maximum atomic E-state index is 11.9. The van der Waals surface area contributed by atoms with Crippen molar-refractivity contribution in [2.75, 3.05) is 14.2 Å². The Labute approximate surface area is 108 Å². The van der Waals surface area contributed by atoms with Gasteiger partial charge >= 0.3 is 0 Å². The number of likely N-dealkylation sites (N-methyl/N-ethyl adjacent to an activating group) is 1. The molecule has 2 amide bonds. The standard InChI is InChI=1S/C12H12BrNO3/c1-14-11(15)6-9(12(14)16)8-5-7(17-2)3-4-10(8)13/h3-5,9H,6H2,1-2H3. The Hall–Kier alpha value is -1.36. The van der Waals surface area contributed by atoms with Gasteiger partial charge in [0, 0.05) is 17.9 Å². The number of carbonyl (C=O) groups excluding carboxylic acids is 2. The van der Waals surface area contributed by atoms with Crippen molar-refractivity contribution in [2.24, 2.45) is 0 Å². The highest BCUT2D eigenvalue weighted by Gasteiger charge is 2.38. The van der Waals surface area contributed by atoms with Gasteiger partial charge in [0.05, 0.1) is 13.0 Å². The zero-order valence-corrected chi connectivity index (χ0v) is 11.2. The summed E-state index contributed by atoms with van der Waals surface area (Å²) in [6, 6.07) is 5.42. The number of nitrogens with zero attached hydrogens (tertiary/aromatic N) is 1. The molecule has 1 aliphatic rings. The van der Waals surface area contributed by atoms with Crippen LogP contribution in [0.3, 0.4) is 0 Å². The molecule has 0 aromatic heterocycles. The average molecular weight is 298 g/mol. The third-order valence-corrected chi connectivity index (χ3v) is 3.68. The van der Waals surface area contributed by atoms with Crippen molar-refractivity contribution >= 4 is 27.7 Å². The highest BCUT2D eigenvalue weighted by atomic mass is 79.9. The minimum Gasteiger partial charge on any atom is -0.497 e. The van der Waals surface area contributed by atoms with E-state index in [-0.39, 0.29) is 18.2 Å². The lowest BCUT2D eigenvalue weighted by atomic mass is 9.97. The van der Waals surface area contributed by atoms with E-state index in [0.29, 0.717) is 5.75 Å². The number of ether oxygens (including phenoxy) is 1. The van der Waals surface area contributed by atoms with Crippen LogP contribution < -0.4 is 4.74 Å². The van der Waals surface area contributed by atoms with Crippen LogP contribution in [0.1, 0.15) is 17.9 Å². The molecule has 90 valence electrons. The highest BCUT2D eigenvalue weighted by molar-refractivity contribution is 9.10. The molecule has 0 spiro atoms. The molecule has 4 nitrogen and oxygen atoms in total. The Morgan fingerprint density at radius 3 is 2.65 bits per heavy atom. The van der Waals surface area contributed by atoms with E-state index in [9.17, 15) is 9.59 Å². The summed E-state index contributed by atoms with van der Waals surface area (Å²) in [4.78, 5) is 24.6. The first kappa shape index (κ1) is 12.1. The molecule has 1 aromatic carbocycles. The smallest absolute Gasteiger partial charge is 0.237 e. The number of hydrogen-bond donors (Lipinski definition) is 0. The average Bonchev–Trinajstić information content (AvgIpc) is 2.58. The molecule has 1 saturated heterocycles. The predicted molar refractivity (Wildman–Crippen MR) is 65.8 cm³/mol. The maximum Gasteiger partial charge on any atom is 0.237 e. The van der Waals surface area contributed by atoms with Crippen LogP contribution in [0.15, 0.2) is 22.7 Å². The lowest BCUT2D eigenvalue weighted by molar-refractivity contribution is -0.137. The summed E-state index contributed by atoms with van der Waals surface area (Å²) in [6.45, 7) is 0. The Morgan fingerprint density at radius 1 is 1.41 bits per heavy atom. The lowest BCUT2D eigenvalue weighted by Gasteiger charge is -2.12. The van der Waals surface area contributed by atoms with E-state index in [2.05, 4.69) is 15.9 Å². The summed E-state index contributed by atoms with van der Waals surface area (Å²) in [5.74, 6) is -0.0337. The van der Waals surface area contributed by atoms with Crippen molar-refractivity contribution < 1.29 is 14.3 Å². The molecule has 17 heavy (non-hydrogen) atoms. The van der Waals surface area contributed by atoms with Crippen molar-refractivity contribution in [3.05, 3.63) is 28.2 Å². The van der Waals surface area contributed by atoms with Crippen molar-refractivity contribution in [3.63, 3.8) is 0 Å². The Bertz CT molecular complexity index is 487. The molecule has 1 atom stereocenters. The minimum atomic E-state index is -0.406. The molecule has 5 heteroatoms. The second kappa shape index (κ2) is 4.49. The number of likely N-dealkylation sites (tertiary alicyclic amines) is 1. The molecule has 1 aliphatic heterocycles. The van der Waals surface area contributed by atoms with E-state index in [1.165, 1.54) is 11.9 Å². The van der Waals surface area contributed by atoms with Crippen LogP contribution in [0.25, 0.3) is 0 Å². The summed E-state index contributed by atoms with van der Waals surface area (Å²) in [5.41, 5.74) is 0.798. The molecular weight excluding hydrogens is 286 g/mol. The molecule has 1 unspecified atom stereocenters. The van der Waals surface area contributed by atoms with Crippen molar-refractivity contribution in [1.82, 2.24) is 4.90 Å². The van der Waals surface area contributed by atoms with Gasteiger partial charge in [0.25, 0.3) is 0 Å². The van der Waals surface area contributed by atoms with Gasteiger partial charge in [0.2, 0.25) is 11.8 Å². The van der Waals surface area contributed by atoms with Crippen LogP contribution in [0.4, 0.5) is 0 Å². The second-order valence-electron chi connectivity index (χ2n) is 3.94. The fourth-order valence-electron chi connectivity index (χ4n) is 1.91. The van der Waals surface area contributed by atoms with E-state index in [1.54, 1.807) is 19.2 Å². The first-order valence-electron chi connectivity index (χ1n) is 5.18. The zero-order chi connectivity index (χ0) is 12.6. The first-order chi connectivity index (χ1) is 8.04. The molecule has 0 saturated carbocycles. The van der Waals surface area contributed by atoms with Gasteiger partial charge in [-0.3, -0.25) is 14.5 Å². The van der Waals surface area contributed by atoms with E-state index < -0.39 is 5.92 Å². The summed E-state index contributed by atoms with van der Waals surface area (Å²) in [5, 5.41) is 0. The first-order valence-corrected chi connectivity index (χ1v) is 5.97. The number of carbonyl (C=O) groups is 2. The number of imide groups is 1. The van der Waals surface area contributed by atoms with Crippen LogP contribution in [-0.4, -0.2) is 30.9 Å². The molecule has 2 rings (SSSR count). The van der Waals surface area contributed by atoms with Gasteiger partial charge in [-0.2, -0.15) is 0 Å². The Balaban J connectivity index is 2.41. The van der Waals surface area contributed by atoms with Gasteiger partial charge in [0.15, 0.2) is 0 Å². The van der Waals surface area contributed by atoms with Crippen molar-refractivity contribution in [3.8, 4) is 5.75 Å². The molecule has 0 bridgehead atoms. The molecule has 1 heterocycles. The number of benzene rings is 1. The number of rotatable bonds is 2. The van der Waals surface area contributed by atoms with Crippen LogP contribution >= 0.6 is 15.9 Å². The van der Waals surface area contributed by atoms with E-state index >= 15 is 0 Å². The zero-order valence-electron chi connectivity index (χ0n) is 9.57. The van der Waals surface area contributed by atoms with Crippen LogP contribution in [0.5, 0.6) is 5.75 Å². The summed E-state index contributed by atoms with van der Waals surface area (Å²) >= 11 is 3.40. The summed E-state index contributed by atoms with van der Waals surface area (Å²) in [6.07, 6.45) is 0.223. The molecule has 1 fully saturated rings. The maximum absolute atomic E-state index is 11.9. The third kappa shape index (κ3) is 2.07. The number of amides is 2. The predicted octanol–water partition coefficient (Wildman–Crippen LogP) is 1.93. The largest absolute Gasteiger partial charge is 0.497 e. The van der Waals surface area contributed by atoms with Crippen molar-refractivity contribution in [2.45, 2.75) is 12.3 Å². The van der Waals surface area contributed by atoms with Gasteiger partial charge in [-0.15, -0.1) is 0 Å². The molecule has 0 aliphatic carbocycles. The normalized spacial score (nSPS) is 19.9. The third-order valence-electron chi connectivity index (χ3n) is 2.96. The van der Waals surface area contributed by atoms with E-state index in [1.807, 2.05) is 6.07 Å². The fourth-order valence-corrected chi connectivity index (χ4v) is 2.44. The molecular formula is C12H12BrNO3. The van der Waals surface area contributed by atoms with Gasteiger partial charge in [0.1, 0.15) is 5.75 Å². The fraction of sp³-hybridized carbons (Fsp3) is 0.333. The monoisotopic (exact) mass is 297 g/mol. The Morgan fingerprint density at radius 2 is 2.12 bits per heavy atom. The summed E-state index contributed by atoms with van der Waals surface area (Å²) in [7, 11) is 3.08. The number of hydrogen-bond acceptors (Lipinski definition) is 3. The Kier molecular flexibility index (Phi) is 3.19. The molecule has 0 radical (unpaired) electrons. The minimum absolute atomic E-state index is 0.144. The quantitative estimate of drug-likeness (QED) is 0.784. The topological polar surface area (TPSA) is 46.6 Å². The van der Waals surface area contributed by atoms with Crippen LogP contribution in [0, 0.1) is 0 Å². The van der Waals surface area contributed by atoms with E-state index in [4.69, 9.17) is 4.74 Å². The second-order valence-corrected chi connectivity index (χ2v) is 4.79. The number of methoxy groups -OCH3 is 1. The van der Waals surface area contributed by atoms with E-state index in [0.717, 1.165) is 10.0 Å².